The van der Waals surface area contributed by atoms with Gasteiger partial charge in [0.2, 0.25) is 0 Å². The van der Waals surface area contributed by atoms with Crippen LogP contribution in [-0.2, 0) is 0 Å². The molecule has 7 nitrogen and oxygen atoms in total. The molecule has 7 heteroatoms. The lowest BCUT2D eigenvalue weighted by molar-refractivity contribution is 0.751. The van der Waals surface area contributed by atoms with Crippen LogP contribution < -0.4 is 22.3 Å². The summed E-state index contributed by atoms with van der Waals surface area (Å²) in [6.45, 7) is 1.53. The zero-order valence-electron chi connectivity index (χ0n) is 6.85. The first-order chi connectivity index (χ1) is 5.54. The van der Waals surface area contributed by atoms with Gasteiger partial charge in [-0.05, 0) is 6.92 Å². The zero-order chi connectivity index (χ0) is 9.30. The van der Waals surface area contributed by atoms with Crippen LogP contribution in [0.25, 0.3) is 0 Å². The van der Waals surface area contributed by atoms with E-state index in [0.717, 1.165) is 9.69 Å². The van der Waals surface area contributed by atoms with Crippen molar-refractivity contribution in [1.82, 2.24) is 14.9 Å². The van der Waals surface area contributed by atoms with Crippen LogP contribution in [0.3, 0.4) is 0 Å². The maximum atomic E-state index is 11.1. The standard InChI is InChI=1S/C5H10N6O/c1-3-4(12)11(7)5(9-8-3)10(2)6/h6-7H2,1-2H3. The normalized spacial score (nSPS) is 9.92. The molecule has 1 aromatic rings. The van der Waals surface area contributed by atoms with E-state index in [0.29, 0.717) is 0 Å². The summed E-state index contributed by atoms with van der Waals surface area (Å²) in [4.78, 5) is 11.1. The predicted molar refractivity (Wildman–Crippen MR) is 43.8 cm³/mol. The number of aromatic nitrogens is 3. The Morgan fingerprint density at radius 2 is 2.08 bits per heavy atom. The average molecular weight is 170 g/mol. The predicted octanol–water partition coefficient (Wildman–Crippen LogP) is -2.03. The molecule has 1 rings (SSSR count). The molecular formula is C5H10N6O. The van der Waals surface area contributed by atoms with Crippen molar-refractivity contribution in [2.75, 3.05) is 17.9 Å². The molecular weight excluding hydrogens is 160 g/mol. The highest BCUT2D eigenvalue weighted by Crippen LogP contribution is 1.95. The summed E-state index contributed by atoms with van der Waals surface area (Å²) in [6, 6.07) is 0. The average Bonchev–Trinajstić information content (AvgIpc) is 2.00. The van der Waals surface area contributed by atoms with Crippen LogP contribution >= 0.6 is 0 Å². The van der Waals surface area contributed by atoms with Gasteiger partial charge in [-0.2, -0.15) is 4.68 Å². The summed E-state index contributed by atoms with van der Waals surface area (Å²) >= 11 is 0. The van der Waals surface area contributed by atoms with E-state index < -0.39 is 5.56 Å². The van der Waals surface area contributed by atoms with E-state index in [4.69, 9.17) is 11.7 Å². The van der Waals surface area contributed by atoms with Crippen LogP contribution in [-0.4, -0.2) is 21.9 Å². The van der Waals surface area contributed by atoms with E-state index in [1.807, 2.05) is 0 Å². The van der Waals surface area contributed by atoms with E-state index in [9.17, 15) is 4.79 Å². The van der Waals surface area contributed by atoms with Gasteiger partial charge in [0.25, 0.3) is 11.5 Å². The van der Waals surface area contributed by atoms with Gasteiger partial charge in [0.1, 0.15) is 5.69 Å². The zero-order valence-corrected chi connectivity index (χ0v) is 6.85. The third kappa shape index (κ3) is 1.21. The molecule has 0 saturated heterocycles. The van der Waals surface area contributed by atoms with Gasteiger partial charge in [-0.3, -0.25) is 9.80 Å². The molecule has 0 saturated carbocycles. The second kappa shape index (κ2) is 2.78. The smallest absolute Gasteiger partial charge is 0.295 e. The van der Waals surface area contributed by atoms with Gasteiger partial charge in [-0.15, -0.1) is 10.2 Å². The van der Waals surface area contributed by atoms with Crippen molar-refractivity contribution in [3.63, 3.8) is 0 Å². The molecule has 0 radical (unpaired) electrons. The molecule has 0 aromatic carbocycles. The van der Waals surface area contributed by atoms with Crippen molar-refractivity contribution >= 4 is 5.95 Å². The van der Waals surface area contributed by atoms with Crippen LogP contribution in [0.15, 0.2) is 4.79 Å². The van der Waals surface area contributed by atoms with E-state index in [2.05, 4.69) is 10.2 Å². The Balaban J connectivity index is 3.37. The quantitative estimate of drug-likeness (QED) is 0.372. The number of aryl methyl sites for hydroxylation is 1. The largest absolute Gasteiger partial charge is 0.333 e. The highest BCUT2D eigenvalue weighted by molar-refractivity contribution is 5.25. The number of nitrogen functional groups attached to an aromatic ring is 1. The summed E-state index contributed by atoms with van der Waals surface area (Å²) < 4.78 is 0.850. The Morgan fingerprint density at radius 3 is 2.58 bits per heavy atom. The fourth-order valence-electron chi connectivity index (χ4n) is 0.716. The van der Waals surface area contributed by atoms with Crippen molar-refractivity contribution in [2.45, 2.75) is 6.92 Å². The topological polar surface area (TPSA) is 103 Å². The number of anilines is 1. The lowest BCUT2D eigenvalue weighted by atomic mass is 10.5. The molecule has 12 heavy (non-hydrogen) atoms. The molecule has 0 aliphatic carbocycles. The van der Waals surface area contributed by atoms with Gasteiger partial charge in [0.15, 0.2) is 0 Å². The molecule has 1 heterocycles. The first kappa shape index (κ1) is 8.47. The van der Waals surface area contributed by atoms with Gasteiger partial charge in [0.05, 0.1) is 0 Å². The summed E-state index contributed by atoms with van der Waals surface area (Å²) in [7, 11) is 1.52. The molecule has 0 atom stereocenters. The van der Waals surface area contributed by atoms with Crippen LogP contribution in [0.1, 0.15) is 5.69 Å². The Hall–Kier alpha value is -1.63. The highest BCUT2D eigenvalue weighted by atomic mass is 16.1. The van der Waals surface area contributed by atoms with Crippen molar-refractivity contribution in [2.24, 2.45) is 5.84 Å². The fraction of sp³-hybridized carbons (Fsp3) is 0.400. The Bertz CT molecular complexity index is 342. The van der Waals surface area contributed by atoms with Crippen LogP contribution in [0.5, 0.6) is 0 Å². The van der Waals surface area contributed by atoms with Crippen LogP contribution in [0, 0.1) is 6.92 Å². The van der Waals surface area contributed by atoms with Gasteiger partial charge in [-0.1, -0.05) is 0 Å². The minimum absolute atomic E-state index is 0.116. The van der Waals surface area contributed by atoms with Crippen molar-refractivity contribution in [3.05, 3.63) is 16.0 Å². The fourth-order valence-corrected chi connectivity index (χ4v) is 0.716. The monoisotopic (exact) mass is 170 g/mol. The third-order valence-corrected chi connectivity index (χ3v) is 1.35. The molecule has 66 valence electrons. The Kier molecular flexibility index (Phi) is 1.96. The number of hydrogen-bond donors (Lipinski definition) is 2. The highest BCUT2D eigenvalue weighted by Gasteiger charge is 2.07. The second-order valence-corrected chi connectivity index (χ2v) is 2.37. The first-order valence-electron chi connectivity index (χ1n) is 3.24. The van der Waals surface area contributed by atoms with E-state index in [-0.39, 0.29) is 11.6 Å². The van der Waals surface area contributed by atoms with Crippen LogP contribution in [0.4, 0.5) is 5.95 Å². The van der Waals surface area contributed by atoms with Crippen LogP contribution in [0.2, 0.25) is 0 Å². The third-order valence-electron chi connectivity index (χ3n) is 1.35. The summed E-state index contributed by atoms with van der Waals surface area (Å²) in [6.07, 6.45) is 0. The van der Waals surface area contributed by atoms with E-state index in [1.165, 1.54) is 14.0 Å². The van der Waals surface area contributed by atoms with Gasteiger partial charge in [0, 0.05) is 7.05 Å². The molecule has 0 fully saturated rings. The molecule has 0 aliphatic rings. The minimum Gasteiger partial charge on any atom is -0.333 e. The number of hydrazine groups is 1. The molecule has 4 N–H and O–H groups in total. The van der Waals surface area contributed by atoms with Gasteiger partial charge in [-0.25, -0.2) is 5.84 Å². The number of hydrogen-bond acceptors (Lipinski definition) is 6. The van der Waals surface area contributed by atoms with Gasteiger partial charge < -0.3 is 5.84 Å². The molecule has 0 aliphatic heterocycles. The Labute approximate surface area is 68.5 Å². The molecule has 0 bridgehead atoms. The second-order valence-electron chi connectivity index (χ2n) is 2.37. The summed E-state index contributed by atoms with van der Waals surface area (Å²) in [5.74, 6) is 10.8. The first-order valence-corrected chi connectivity index (χ1v) is 3.24. The van der Waals surface area contributed by atoms with E-state index in [1.54, 1.807) is 0 Å². The lowest BCUT2D eigenvalue weighted by Gasteiger charge is -2.12. The SMILES string of the molecule is Cc1nnc(N(C)N)n(N)c1=O. The number of nitrogens with two attached hydrogens (primary N) is 2. The molecule has 0 spiro atoms. The van der Waals surface area contributed by atoms with Gasteiger partial charge >= 0.3 is 0 Å². The minimum atomic E-state index is -0.405. The van der Waals surface area contributed by atoms with Crippen molar-refractivity contribution in [1.29, 1.82) is 0 Å². The summed E-state index contributed by atoms with van der Waals surface area (Å²) in [5.41, 5.74) is -0.166. The lowest BCUT2D eigenvalue weighted by Crippen LogP contribution is -2.39. The Morgan fingerprint density at radius 1 is 1.50 bits per heavy atom. The number of nitrogens with zero attached hydrogens (tertiary/aromatic N) is 4. The maximum absolute atomic E-state index is 11.1. The summed E-state index contributed by atoms with van der Waals surface area (Å²) in [5, 5.41) is 8.32. The maximum Gasteiger partial charge on any atom is 0.295 e. The molecule has 0 unspecified atom stereocenters. The number of rotatable bonds is 1. The van der Waals surface area contributed by atoms with Crippen molar-refractivity contribution in [3.8, 4) is 0 Å². The van der Waals surface area contributed by atoms with Crippen molar-refractivity contribution < 1.29 is 0 Å². The molecule has 1 aromatic heterocycles. The van der Waals surface area contributed by atoms with E-state index >= 15 is 0 Å². The molecule has 0 amide bonds.